The average Bonchev–Trinajstić information content (AvgIpc) is 3.35. The van der Waals surface area contributed by atoms with Gasteiger partial charge in [-0.1, -0.05) is 45.2 Å². The molecule has 0 aliphatic carbocycles. The molecule has 1 amide bonds. The molecule has 3 aromatic carbocycles. The van der Waals surface area contributed by atoms with Gasteiger partial charge in [-0.2, -0.15) is 10.1 Å². The quantitative estimate of drug-likeness (QED) is 0.179. The summed E-state index contributed by atoms with van der Waals surface area (Å²) >= 11 is 15.9. The molecule has 220 valence electrons. The van der Waals surface area contributed by atoms with E-state index < -0.39 is 11.2 Å². The number of aromatic nitrogens is 4. The smallest absolute Gasteiger partial charge is 0.332 e. The van der Waals surface area contributed by atoms with E-state index in [1.165, 1.54) is 32.0 Å². The first-order valence-corrected chi connectivity index (χ1v) is 14.2. The summed E-state index contributed by atoms with van der Waals surface area (Å²) in [5.74, 6) is 0.239. The maximum absolute atomic E-state index is 13.2. The molecule has 0 fully saturated rings. The van der Waals surface area contributed by atoms with Gasteiger partial charge in [-0.25, -0.2) is 10.2 Å². The van der Waals surface area contributed by atoms with Crippen LogP contribution in [0.1, 0.15) is 21.5 Å². The summed E-state index contributed by atoms with van der Waals surface area (Å²) in [6.45, 7) is 0.0976. The summed E-state index contributed by atoms with van der Waals surface area (Å²) in [5, 5.41) is 4.87. The summed E-state index contributed by atoms with van der Waals surface area (Å²) < 4.78 is 16.4. The number of hydrogen-bond donors (Lipinski definition) is 1. The third-order valence-corrected chi connectivity index (χ3v) is 7.65. The zero-order chi connectivity index (χ0) is 30.8. The SMILES string of the molecule is COc1cc(C=NNC(=O)c2ccc(Br)cc2)ccc1Oc1nc2c(c(=O)n(C)c(=O)n2C)n1Cc1ccc(Cl)cc1Cl. The third kappa shape index (κ3) is 6.21. The molecule has 14 heteroatoms. The molecule has 0 spiro atoms. The number of halogens is 3. The fourth-order valence-corrected chi connectivity index (χ4v) is 4.98. The van der Waals surface area contributed by atoms with Gasteiger partial charge in [0.05, 0.1) is 19.9 Å². The monoisotopic (exact) mass is 684 g/mol. The van der Waals surface area contributed by atoms with E-state index in [9.17, 15) is 14.4 Å². The third-order valence-electron chi connectivity index (χ3n) is 6.53. The molecule has 1 N–H and O–H groups in total. The molecule has 0 aliphatic heterocycles. The van der Waals surface area contributed by atoms with Crippen molar-refractivity contribution in [1.29, 1.82) is 0 Å². The zero-order valence-electron chi connectivity index (χ0n) is 23.0. The molecule has 0 atom stereocenters. The summed E-state index contributed by atoms with van der Waals surface area (Å²) in [6, 6.07) is 16.9. The van der Waals surface area contributed by atoms with E-state index in [4.69, 9.17) is 32.7 Å². The summed E-state index contributed by atoms with van der Waals surface area (Å²) in [4.78, 5) is 42.7. The number of imidazole rings is 1. The molecule has 0 bridgehead atoms. The van der Waals surface area contributed by atoms with E-state index in [1.54, 1.807) is 65.2 Å². The number of amides is 1. The Labute approximate surface area is 263 Å². The van der Waals surface area contributed by atoms with E-state index in [0.717, 1.165) is 9.04 Å². The van der Waals surface area contributed by atoms with Gasteiger partial charge in [0.15, 0.2) is 22.7 Å². The Morgan fingerprint density at radius 1 is 1.02 bits per heavy atom. The van der Waals surface area contributed by atoms with Crippen LogP contribution < -0.4 is 26.1 Å². The normalized spacial score (nSPS) is 11.3. The van der Waals surface area contributed by atoms with Gasteiger partial charge in [0.25, 0.3) is 11.5 Å². The van der Waals surface area contributed by atoms with Crippen molar-refractivity contribution in [2.45, 2.75) is 6.54 Å². The van der Waals surface area contributed by atoms with Gasteiger partial charge in [-0.05, 0) is 65.7 Å². The number of hydrogen-bond acceptors (Lipinski definition) is 7. The number of fused-ring (bicyclic) bond motifs is 1. The minimum atomic E-state index is -0.547. The van der Waals surface area contributed by atoms with Gasteiger partial charge >= 0.3 is 11.7 Å². The van der Waals surface area contributed by atoms with Gasteiger partial charge in [-0.3, -0.25) is 23.3 Å². The van der Waals surface area contributed by atoms with E-state index in [-0.39, 0.29) is 35.4 Å². The van der Waals surface area contributed by atoms with Gasteiger partial charge in [-0.15, -0.1) is 0 Å². The molecule has 0 saturated heterocycles. The first kappa shape index (κ1) is 30.1. The second kappa shape index (κ2) is 12.5. The topological polar surface area (TPSA) is 122 Å². The summed E-state index contributed by atoms with van der Waals surface area (Å²) in [5.41, 5.74) is 3.40. The van der Waals surface area contributed by atoms with E-state index in [1.807, 2.05) is 0 Å². The number of aryl methyl sites for hydroxylation is 1. The van der Waals surface area contributed by atoms with Crippen LogP contribution in [-0.2, 0) is 20.6 Å². The van der Waals surface area contributed by atoms with E-state index >= 15 is 0 Å². The first-order valence-electron chi connectivity index (χ1n) is 12.6. The van der Waals surface area contributed by atoms with Gasteiger partial charge in [0.2, 0.25) is 0 Å². The van der Waals surface area contributed by atoms with Crippen molar-refractivity contribution < 1.29 is 14.3 Å². The van der Waals surface area contributed by atoms with Crippen molar-refractivity contribution in [2.75, 3.05) is 7.11 Å². The largest absolute Gasteiger partial charge is 0.493 e. The van der Waals surface area contributed by atoms with Crippen molar-refractivity contribution in [2.24, 2.45) is 19.2 Å². The highest BCUT2D eigenvalue weighted by molar-refractivity contribution is 9.10. The lowest BCUT2D eigenvalue weighted by Gasteiger charge is -2.13. The van der Waals surface area contributed by atoms with Crippen LogP contribution in [0.3, 0.4) is 0 Å². The van der Waals surface area contributed by atoms with E-state index in [2.05, 4.69) is 31.4 Å². The standard InChI is InChI=1S/C29H23BrCl2N6O5/c1-36-25-24(27(40)37(2)29(36)41)38(15-18-7-10-20(31)13-21(18)32)28(34-25)43-22-11-4-16(12-23(22)42-3)14-33-35-26(39)17-5-8-19(30)9-6-17/h4-14H,15H2,1-3H3,(H,35,39). The number of carbonyl (C=O) groups excluding carboxylic acids is 1. The van der Waals surface area contributed by atoms with Crippen LogP contribution in [0, 0.1) is 0 Å². The molecule has 2 heterocycles. The predicted molar refractivity (Wildman–Crippen MR) is 168 cm³/mol. The molecule has 5 aromatic rings. The molecule has 0 radical (unpaired) electrons. The zero-order valence-corrected chi connectivity index (χ0v) is 26.1. The molecule has 5 rings (SSSR count). The highest BCUT2D eigenvalue weighted by Crippen LogP contribution is 2.34. The van der Waals surface area contributed by atoms with Crippen LogP contribution in [0.2, 0.25) is 10.0 Å². The molecule has 0 aliphatic rings. The molecule has 0 saturated carbocycles. The molecule has 43 heavy (non-hydrogen) atoms. The number of nitrogens with zero attached hydrogens (tertiary/aromatic N) is 5. The summed E-state index contributed by atoms with van der Waals surface area (Å²) in [6.07, 6.45) is 1.46. The maximum Gasteiger partial charge on any atom is 0.332 e. The molecule has 2 aromatic heterocycles. The second-order valence-corrected chi connectivity index (χ2v) is 11.1. The highest BCUT2D eigenvalue weighted by Gasteiger charge is 2.22. The minimum absolute atomic E-state index is 0.0285. The Hall–Kier alpha value is -4.39. The molecular formula is C29H23BrCl2N6O5. The van der Waals surface area contributed by atoms with Gasteiger partial charge < -0.3 is 9.47 Å². The number of benzene rings is 3. The Morgan fingerprint density at radius 3 is 2.47 bits per heavy atom. The van der Waals surface area contributed by atoms with Crippen molar-refractivity contribution in [3.8, 4) is 17.5 Å². The van der Waals surface area contributed by atoms with Gasteiger partial charge in [0, 0.05) is 34.2 Å². The summed E-state index contributed by atoms with van der Waals surface area (Å²) in [7, 11) is 4.38. The fourth-order valence-electron chi connectivity index (χ4n) is 4.25. The minimum Gasteiger partial charge on any atom is -0.493 e. The highest BCUT2D eigenvalue weighted by atomic mass is 79.9. The number of carbonyl (C=O) groups is 1. The van der Waals surface area contributed by atoms with Gasteiger partial charge in [0.1, 0.15) is 0 Å². The van der Waals surface area contributed by atoms with E-state index in [0.29, 0.717) is 32.5 Å². The Morgan fingerprint density at radius 2 is 1.77 bits per heavy atom. The predicted octanol–water partition coefficient (Wildman–Crippen LogP) is 5.12. The molecule has 11 nitrogen and oxygen atoms in total. The van der Waals surface area contributed by atoms with Crippen LogP contribution >= 0.6 is 39.1 Å². The van der Waals surface area contributed by atoms with Crippen LogP contribution in [0.4, 0.5) is 0 Å². The second-order valence-electron chi connectivity index (χ2n) is 9.31. The Bertz CT molecular complexity index is 2020. The lowest BCUT2D eigenvalue weighted by atomic mass is 10.2. The molecule has 0 unspecified atom stereocenters. The average molecular weight is 686 g/mol. The van der Waals surface area contributed by atoms with Crippen LogP contribution in [-0.4, -0.2) is 37.9 Å². The van der Waals surface area contributed by atoms with Crippen LogP contribution in [0.5, 0.6) is 17.5 Å². The van der Waals surface area contributed by atoms with Crippen molar-refractivity contribution >= 4 is 62.4 Å². The van der Waals surface area contributed by atoms with Crippen molar-refractivity contribution in [3.63, 3.8) is 0 Å². The number of nitrogens with one attached hydrogen (secondary N) is 1. The molecular weight excluding hydrogens is 663 g/mol. The maximum atomic E-state index is 13.2. The first-order chi connectivity index (χ1) is 20.6. The number of ether oxygens (including phenoxy) is 2. The fraction of sp³-hybridized carbons (Fsp3) is 0.138. The number of methoxy groups -OCH3 is 1. The number of hydrazone groups is 1. The van der Waals surface area contributed by atoms with Crippen molar-refractivity contribution in [1.82, 2.24) is 24.1 Å². The Balaban J connectivity index is 1.49. The van der Waals surface area contributed by atoms with Crippen LogP contribution in [0.15, 0.2) is 79.8 Å². The number of rotatable bonds is 8. The lowest BCUT2D eigenvalue weighted by Crippen LogP contribution is -2.37. The lowest BCUT2D eigenvalue weighted by molar-refractivity contribution is 0.0955. The Kier molecular flexibility index (Phi) is 8.71. The van der Waals surface area contributed by atoms with Crippen LogP contribution in [0.25, 0.3) is 11.2 Å². The van der Waals surface area contributed by atoms with Crippen molar-refractivity contribution in [3.05, 3.63) is 113 Å².